The number of rotatable bonds is 3. The van der Waals surface area contributed by atoms with Crippen molar-refractivity contribution in [1.29, 1.82) is 0 Å². The van der Waals surface area contributed by atoms with Crippen LogP contribution in [0.15, 0.2) is 28.6 Å². The summed E-state index contributed by atoms with van der Waals surface area (Å²) < 4.78 is 21.3. The van der Waals surface area contributed by atoms with Gasteiger partial charge in [0.15, 0.2) is 5.13 Å². The first-order valence-corrected chi connectivity index (χ1v) is 7.09. The Kier molecular flexibility index (Phi) is 4.15. The molecule has 0 radical (unpaired) electrons. The fourth-order valence-corrected chi connectivity index (χ4v) is 2.61. The van der Waals surface area contributed by atoms with Crippen LogP contribution < -0.4 is 5.32 Å². The van der Waals surface area contributed by atoms with Crippen LogP contribution in [-0.2, 0) is 11.1 Å². The Labute approximate surface area is 119 Å². The normalized spacial score (nSPS) is 12.1. The molecule has 0 spiro atoms. The lowest BCUT2D eigenvalue weighted by Gasteiger charge is -2.04. The molecular formula is C10H6ClN2O4S2-. The van der Waals surface area contributed by atoms with Crippen LogP contribution in [0.5, 0.6) is 5.75 Å². The highest BCUT2D eigenvalue weighted by Gasteiger charge is 2.13. The van der Waals surface area contributed by atoms with E-state index >= 15 is 0 Å². The van der Waals surface area contributed by atoms with E-state index in [0.717, 1.165) is 17.5 Å². The summed E-state index contributed by atoms with van der Waals surface area (Å²) in [6, 6.07) is 4.03. The first-order chi connectivity index (χ1) is 8.97. The minimum atomic E-state index is -2.39. The third-order valence-corrected chi connectivity index (χ3v) is 4.11. The summed E-state index contributed by atoms with van der Waals surface area (Å²) in [4.78, 5) is 15.6. The Balaban J connectivity index is 2.20. The average molecular weight is 318 g/mol. The van der Waals surface area contributed by atoms with E-state index in [4.69, 9.17) is 11.6 Å². The number of amides is 1. The van der Waals surface area contributed by atoms with Crippen molar-refractivity contribution in [2.75, 3.05) is 5.32 Å². The molecule has 1 aromatic carbocycles. The van der Waals surface area contributed by atoms with E-state index in [-0.39, 0.29) is 20.7 Å². The van der Waals surface area contributed by atoms with Crippen LogP contribution in [0, 0.1) is 0 Å². The largest absolute Gasteiger partial charge is 0.768 e. The maximum absolute atomic E-state index is 11.8. The lowest BCUT2D eigenvalue weighted by atomic mass is 10.2. The second-order valence-electron chi connectivity index (χ2n) is 3.33. The molecule has 2 N–H and O–H groups in total. The molecule has 0 aliphatic rings. The van der Waals surface area contributed by atoms with Crippen LogP contribution in [-0.4, -0.2) is 24.8 Å². The van der Waals surface area contributed by atoms with Gasteiger partial charge in [-0.3, -0.25) is 14.3 Å². The second kappa shape index (κ2) is 5.66. The van der Waals surface area contributed by atoms with Crippen LogP contribution in [0.4, 0.5) is 5.13 Å². The van der Waals surface area contributed by atoms with Crippen molar-refractivity contribution in [3.63, 3.8) is 0 Å². The molecule has 6 nitrogen and oxygen atoms in total. The van der Waals surface area contributed by atoms with Gasteiger partial charge in [0, 0.05) is 5.02 Å². The average Bonchev–Trinajstić information content (AvgIpc) is 2.80. The number of nitrogens with one attached hydrogen (secondary N) is 1. The molecule has 1 amide bonds. The van der Waals surface area contributed by atoms with Gasteiger partial charge in [0.2, 0.25) is 0 Å². The van der Waals surface area contributed by atoms with Crippen LogP contribution in [0.2, 0.25) is 5.02 Å². The maximum atomic E-state index is 11.8. The first kappa shape index (κ1) is 13.9. The smallest absolute Gasteiger partial charge is 0.261 e. The molecular weight excluding hydrogens is 312 g/mol. The zero-order valence-electron chi connectivity index (χ0n) is 9.12. The Morgan fingerprint density at radius 1 is 1.53 bits per heavy atom. The van der Waals surface area contributed by atoms with Crippen LogP contribution in [0.1, 0.15) is 10.4 Å². The zero-order valence-corrected chi connectivity index (χ0v) is 11.5. The van der Waals surface area contributed by atoms with Gasteiger partial charge in [-0.2, -0.15) is 0 Å². The highest BCUT2D eigenvalue weighted by Crippen LogP contribution is 2.25. The number of aromatic hydroxyl groups is 1. The standard InChI is InChI=1S/C10H7ClN2O4S2/c11-5-1-2-7(14)6(3-5)9(15)13-10-12-4-8(18-10)19(16)17/h1-4,14H,(H,16,17)(H,12,13,15)/p-1. The van der Waals surface area contributed by atoms with Crippen LogP contribution in [0.25, 0.3) is 0 Å². The van der Waals surface area contributed by atoms with E-state index < -0.39 is 17.0 Å². The van der Waals surface area contributed by atoms with Crippen molar-refractivity contribution < 1.29 is 18.7 Å². The molecule has 0 fully saturated rings. The number of thiazole rings is 1. The number of halogens is 1. The van der Waals surface area contributed by atoms with Crippen LogP contribution >= 0.6 is 22.9 Å². The van der Waals surface area contributed by atoms with Gasteiger partial charge in [0.1, 0.15) is 5.75 Å². The topological polar surface area (TPSA) is 102 Å². The van der Waals surface area contributed by atoms with Crippen molar-refractivity contribution in [3.8, 4) is 5.75 Å². The first-order valence-electron chi connectivity index (χ1n) is 4.82. The van der Waals surface area contributed by atoms with Gasteiger partial charge >= 0.3 is 0 Å². The second-order valence-corrected chi connectivity index (χ2v) is 5.97. The number of benzene rings is 1. The Bertz CT molecular complexity index is 659. The number of phenolic OH excluding ortho intramolecular Hbond substituents is 1. The van der Waals surface area contributed by atoms with Crippen molar-refractivity contribution in [2.45, 2.75) is 4.21 Å². The van der Waals surface area contributed by atoms with Gasteiger partial charge in [0.25, 0.3) is 5.91 Å². The van der Waals surface area contributed by atoms with Crippen molar-refractivity contribution in [3.05, 3.63) is 35.0 Å². The molecule has 2 rings (SSSR count). The van der Waals surface area contributed by atoms with E-state index in [1.54, 1.807) is 0 Å². The minimum Gasteiger partial charge on any atom is -0.768 e. The molecule has 0 aliphatic heterocycles. The van der Waals surface area contributed by atoms with E-state index in [9.17, 15) is 18.7 Å². The summed E-state index contributed by atoms with van der Waals surface area (Å²) in [5.41, 5.74) is -0.0208. The van der Waals surface area contributed by atoms with Crippen molar-refractivity contribution >= 4 is 45.1 Å². The van der Waals surface area contributed by atoms with Gasteiger partial charge in [-0.25, -0.2) is 4.98 Å². The molecule has 2 aromatic rings. The highest BCUT2D eigenvalue weighted by molar-refractivity contribution is 7.81. The molecule has 1 atom stereocenters. The zero-order chi connectivity index (χ0) is 14.0. The molecule has 1 unspecified atom stereocenters. The Morgan fingerprint density at radius 3 is 2.89 bits per heavy atom. The number of hydrogen-bond acceptors (Lipinski definition) is 6. The number of phenols is 1. The highest BCUT2D eigenvalue weighted by atomic mass is 35.5. The molecule has 100 valence electrons. The van der Waals surface area contributed by atoms with Gasteiger partial charge in [-0.1, -0.05) is 22.9 Å². The minimum absolute atomic E-state index is 0.00520. The van der Waals surface area contributed by atoms with Crippen molar-refractivity contribution in [1.82, 2.24) is 4.98 Å². The van der Waals surface area contributed by atoms with Gasteiger partial charge < -0.3 is 9.66 Å². The summed E-state index contributed by atoms with van der Waals surface area (Å²) in [6.45, 7) is 0. The van der Waals surface area contributed by atoms with E-state index in [0.29, 0.717) is 5.02 Å². The number of carbonyl (C=O) groups excluding carboxylic acids is 1. The summed E-state index contributed by atoms with van der Waals surface area (Å²) in [5.74, 6) is -0.858. The number of nitrogens with zero attached hydrogens (tertiary/aromatic N) is 1. The number of hydrogen-bond donors (Lipinski definition) is 2. The Hall–Kier alpha value is -1.48. The van der Waals surface area contributed by atoms with Gasteiger partial charge in [-0.15, -0.1) is 0 Å². The predicted octanol–water partition coefficient (Wildman–Crippen LogP) is 1.99. The van der Waals surface area contributed by atoms with E-state index in [2.05, 4.69) is 10.3 Å². The fraction of sp³-hybridized carbons (Fsp3) is 0. The summed E-state index contributed by atoms with van der Waals surface area (Å²) in [5, 5.41) is 12.3. The molecule has 0 bridgehead atoms. The van der Waals surface area contributed by atoms with Gasteiger partial charge in [0.05, 0.1) is 16.0 Å². The van der Waals surface area contributed by atoms with E-state index in [1.807, 2.05) is 0 Å². The summed E-state index contributed by atoms with van der Waals surface area (Å²) in [7, 11) is 0. The van der Waals surface area contributed by atoms with Crippen LogP contribution in [0.3, 0.4) is 0 Å². The molecule has 0 saturated carbocycles. The monoisotopic (exact) mass is 317 g/mol. The molecule has 9 heteroatoms. The SMILES string of the molecule is O=C(Nc1ncc(S(=O)[O-])s1)c1cc(Cl)ccc1O. The third-order valence-electron chi connectivity index (χ3n) is 2.07. The molecule has 0 aliphatic carbocycles. The lowest BCUT2D eigenvalue weighted by molar-refractivity contribution is 0.102. The predicted molar refractivity (Wildman–Crippen MR) is 70.4 cm³/mol. The number of carbonyl (C=O) groups is 1. The maximum Gasteiger partial charge on any atom is 0.261 e. The third kappa shape index (κ3) is 3.29. The Morgan fingerprint density at radius 2 is 2.26 bits per heavy atom. The molecule has 1 aromatic heterocycles. The summed E-state index contributed by atoms with van der Waals surface area (Å²) in [6.07, 6.45) is 1.13. The molecule has 19 heavy (non-hydrogen) atoms. The quantitative estimate of drug-likeness (QED) is 0.843. The number of anilines is 1. The molecule has 1 heterocycles. The summed E-state index contributed by atoms with van der Waals surface area (Å²) >= 11 is 4.14. The number of aromatic nitrogens is 1. The molecule has 0 saturated heterocycles. The fourth-order valence-electron chi connectivity index (χ4n) is 1.25. The van der Waals surface area contributed by atoms with Gasteiger partial charge in [-0.05, 0) is 29.3 Å². The van der Waals surface area contributed by atoms with E-state index in [1.165, 1.54) is 18.2 Å². The van der Waals surface area contributed by atoms with Crippen molar-refractivity contribution in [2.24, 2.45) is 0 Å². The lowest BCUT2D eigenvalue weighted by Crippen LogP contribution is -2.11.